The van der Waals surface area contributed by atoms with E-state index in [0.717, 1.165) is 28.5 Å². The van der Waals surface area contributed by atoms with Crippen molar-refractivity contribution in [3.05, 3.63) is 70.2 Å². The van der Waals surface area contributed by atoms with E-state index in [-0.39, 0.29) is 5.91 Å². The summed E-state index contributed by atoms with van der Waals surface area (Å²) in [5, 5.41) is 3.78. The van der Waals surface area contributed by atoms with Gasteiger partial charge in [0.1, 0.15) is 0 Å². The lowest BCUT2D eigenvalue weighted by molar-refractivity contribution is -0.120. The van der Waals surface area contributed by atoms with Crippen LogP contribution in [0.15, 0.2) is 48.5 Å². The van der Waals surface area contributed by atoms with Crippen molar-refractivity contribution in [2.75, 3.05) is 12.3 Å². The first-order chi connectivity index (χ1) is 11.1. The molecule has 2 aromatic carbocycles. The Hall–Kier alpha value is -1.45. The molecule has 2 nitrogen and oxygen atoms in total. The van der Waals surface area contributed by atoms with Crippen molar-refractivity contribution >= 4 is 29.3 Å². The van der Waals surface area contributed by atoms with Gasteiger partial charge in [-0.05, 0) is 30.5 Å². The number of nitrogens with one attached hydrogen (secondary N) is 1. The van der Waals surface area contributed by atoms with Gasteiger partial charge in [0.15, 0.2) is 0 Å². The third-order valence-electron chi connectivity index (χ3n) is 3.55. The second-order valence-electron chi connectivity index (χ2n) is 5.48. The van der Waals surface area contributed by atoms with Crippen LogP contribution in [0, 0.1) is 6.92 Å². The van der Waals surface area contributed by atoms with Crippen LogP contribution in [-0.4, -0.2) is 18.2 Å². The highest BCUT2D eigenvalue weighted by Gasteiger charge is 2.03. The fourth-order valence-electron chi connectivity index (χ4n) is 2.16. The summed E-state index contributed by atoms with van der Waals surface area (Å²) in [5.41, 5.74) is 3.59. The number of carbonyl (C=O) groups is 1. The molecule has 0 aliphatic heterocycles. The van der Waals surface area contributed by atoms with Crippen molar-refractivity contribution in [1.82, 2.24) is 5.32 Å². The van der Waals surface area contributed by atoms with Gasteiger partial charge < -0.3 is 5.32 Å². The maximum absolute atomic E-state index is 11.8. The van der Waals surface area contributed by atoms with Crippen LogP contribution in [-0.2, 0) is 17.0 Å². The van der Waals surface area contributed by atoms with Gasteiger partial charge >= 0.3 is 0 Å². The molecular formula is C19H22ClNOS. The zero-order chi connectivity index (χ0) is 16.5. The Bertz CT molecular complexity index is 628. The van der Waals surface area contributed by atoms with Crippen LogP contribution in [0.3, 0.4) is 0 Å². The van der Waals surface area contributed by atoms with Crippen LogP contribution < -0.4 is 5.32 Å². The summed E-state index contributed by atoms with van der Waals surface area (Å²) in [5.74, 6) is 1.88. The van der Waals surface area contributed by atoms with Crippen molar-refractivity contribution in [2.24, 2.45) is 0 Å². The summed E-state index contributed by atoms with van der Waals surface area (Å²) >= 11 is 7.89. The lowest BCUT2D eigenvalue weighted by Crippen LogP contribution is -2.25. The average Bonchev–Trinajstić information content (AvgIpc) is 2.55. The molecule has 0 unspecified atom stereocenters. The number of rotatable bonds is 8. The zero-order valence-corrected chi connectivity index (χ0v) is 14.9. The molecule has 4 heteroatoms. The second kappa shape index (κ2) is 9.64. The van der Waals surface area contributed by atoms with E-state index in [1.54, 1.807) is 11.8 Å². The lowest BCUT2D eigenvalue weighted by Gasteiger charge is -2.06. The predicted octanol–water partition coefficient (Wildman–Crippen LogP) is 4.63. The topological polar surface area (TPSA) is 29.1 Å². The molecule has 0 saturated heterocycles. The van der Waals surface area contributed by atoms with Gasteiger partial charge in [0.25, 0.3) is 0 Å². The molecule has 2 rings (SSSR count). The Morgan fingerprint density at radius 3 is 2.61 bits per heavy atom. The average molecular weight is 348 g/mol. The van der Waals surface area contributed by atoms with Crippen LogP contribution in [0.1, 0.15) is 23.1 Å². The minimum Gasteiger partial charge on any atom is -0.355 e. The highest BCUT2D eigenvalue weighted by molar-refractivity contribution is 7.98. The van der Waals surface area contributed by atoms with Crippen molar-refractivity contribution in [1.29, 1.82) is 0 Å². The Labute approximate surface area is 147 Å². The summed E-state index contributed by atoms with van der Waals surface area (Å²) in [6.07, 6.45) is 1.33. The van der Waals surface area contributed by atoms with Crippen LogP contribution in [0.4, 0.5) is 0 Å². The van der Waals surface area contributed by atoms with Crippen LogP contribution >= 0.6 is 23.4 Å². The molecule has 0 atom stereocenters. The molecule has 0 spiro atoms. The largest absolute Gasteiger partial charge is 0.355 e. The van der Waals surface area contributed by atoms with Crippen molar-refractivity contribution in [3.8, 4) is 0 Å². The van der Waals surface area contributed by atoms with Gasteiger partial charge in [-0.15, -0.1) is 0 Å². The molecule has 2 aromatic rings. The monoisotopic (exact) mass is 347 g/mol. The third-order valence-corrected chi connectivity index (χ3v) is 4.92. The number of carbonyl (C=O) groups excluding carboxylic acids is 1. The van der Waals surface area contributed by atoms with E-state index in [4.69, 9.17) is 11.6 Å². The standard InChI is InChI=1S/C19H22ClNOS/c1-15-6-8-16(9-7-15)10-11-19(22)21-12-13-23-14-17-4-2-3-5-18(17)20/h2-9H,10-14H2,1H3,(H,21,22). The van der Waals surface area contributed by atoms with Crippen LogP contribution in [0.2, 0.25) is 5.02 Å². The van der Waals surface area contributed by atoms with Crippen molar-refractivity contribution in [2.45, 2.75) is 25.5 Å². The lowest BCUT2D eigenvalue weighted by atomic mass is 10.1. The SMILES string of the molecule is Cc1ccc(CCC(=O)NCCSCc2ccccc2Cl)cc1. The summed E-state index contributed by atoms with van der Waals surface area (Å²) in [6, 6.07) is 16.2. The Balaban J connectivity index is 1.58. The number of amides is 1. The van der Waals surface area contributed by atoms with Gasteiger partial charge in [-0.1, -0.05) is 59.6 Å². The normalized spacial score (nSPS) is 10.5. The Morgan fingerprint density at radius 1 is 1.13 bits per heavy atom. The Kier molecular flexibility index (Phi) is 7.50. The van der Waals surface area contributed by atoms with Crippen LogP contribution in [0.25, 0.3) is 0 Å². The van der Waals surface area contributed by atoms with E-state index in [1.807, 2.05) is 24.3 Å². The maximum atomic E-state index is 11.8. The van der Waals surface area contributed by atoms with Gasteiger partial charge in [-0.25, -0.2) is 0 Å². The molecule has 0 aliphatic carbocycles. The quantitative estimate of drug-likeness (QED) is 0.705. The predicted molar refractivity (Wildman–Crippen MR) is 100 cm³/mol. The fraction of sp³-hybridized carbons (Fsp3) is 0.316. The highest BCUT2D eigenvalue weighted by atomic mass is 35.5. The first kappa shape index (κ1) is 17.9. The highest BCUT2D eigenvalue weighted by Crippen LogP contribution is 2.20. The third kappa shape index (κ3) is 6.67. The number of hydrogen-bond donors (Lipinski definition) is 1. The summed E-state index contributed by atoms with van der Waals surface area (Å²) in [4.78, 5) is 11.8. The van der Waals surface area contributed by atoms with E-state index in [2.05, 4.69) is 36.5 Å². The molecular weight excluding hydrogens is 326 g/mol. The molecule has 122 valence electrons. The smallest absolute Gasteiger partial charge is 0.220 e. The van der Waals surface area contributed by atoms with E-state index in [1.165, 1.54) is 11.1 Å². The number of hydrogen-bond acceptors (Lipinski definition) is 2. The molecule has 0 heterocycles. The number of thioether (sulfide) groups is 1. The zero-order valence-electron chi connectivity index (χ0n) is 13.3. The molecule has 0 radical (unpaired) electrons. The van der Waals surface area contributed by atoms with E-state index >= 15 is 0 Å². The van der Waals surface area contributed by atoms with Crippen molar-refractivity contribution < 1.29 is 4.79 Å². The van der Waals surface area contributed by atoms with E-state index < -0.39 is 0 Å². The number of benzene rings is 2. The Morgan fingerprint density at radius 2 is 1.87 bits per heavy atom. The van der Waals surface area contributed by atoms with Gasteiger partial charge in [-0.2, -0.15) is 11.8 Å². The summed E-state index contributed by atoms with van der Waals surface area (Å²) < 4.78 is 0. The molecule has 0 fully saturated rings. The van der Waals surface area contributed by atoms with Gasteiger partial charge in [0.05, 0.1) is 0 Å². The molecule has 0 aliphatic rings. The first-order valence-electron chi connectivity index (χ1n) is 7.78. The fourth-order valence-corrected chi connectivity index (χ4v) is 3.31. The molecule has 23 heavy (non-hydrogen) atoms. The van der Waals surface area contributed by atoms with E-state index in [0.29, 0.717) is 13.0 Å². The maximum Gasteiger partial charge on any atom is 0.220 e. The van der Waals surface area contributed by atoms with Gasteiger partial charge in [0.2, 0.25) is 5.91 Å². The minimum absolute atomic E-state index is 0.115. The first-order valence-corrected chi connectivity index (χ1v) is 9.32. The number of halogens is 1. The summed E-state index contributed by atoms with van der Waals surface area (Å²) in [6.45, 7) is 2.76. The second-order valence-corrected chi connectivity index (χ2v) is 6.99. The molecule has 0 bridgehead atoms. The van der Waals surface area contributed by atoms with E-state index in [9.17, 15) is 4.79 Å². The van der Waals surface area contributed by atoms with Crippen molar-refractivity contribution in [3.63, 3.8) is 0 Å². The molecule has 1 N–H and O–H groups in total. The molecule has 0 aromatic heterocycles. The van der Waals surface area contributed by atoms with Crippen LogP contribution in [0.5, 0.6) is 0 Å². The molecule has 1 amide bonds. The van der Waals surface area contributed by atoms with Gasteiger partial charge in [0, 0.05) is 29.5 Å². The molecule has 0 saturated carbocycles. The number of aryl methyl sites for hydroxylation is 2. The minimum atomic E-state index is 0.115. The summed E-state index contributed by atoms with van der Waals surface area (Å²) in [7, 11) is 0. The van der Waals surface area contributed by atoms with Gasteiger partial charge in [-0.3, -0.25) is 4.79 Å².